The molecule has 74 valence electrons. The third-order valence-corrected chi connectivity index (χ3v) is 3.39. The Morgan fingerprint density at radius 2 is 2.00 bits per heavy atom. The van der Waals surface area contributed by atoms with Gasteiger partial charge in [0, 0.05) is 12.8 Å². The van der Waals surface area contributed by atoms with Gasteiger partial charge in [-0.1, -0.05) is 0 Å². The van der Waals surface area contributed by atoms with E-state index in [0.29, 0.717) is 5.92 Å². The van der Waals surface area contributed by atoms with Gasteiger partial charge in [-0.15, -0.1) is 0 Å². The van der Waals surface area contributed by atoms with E-state index in [1.165, 1.54) is 6.92 Å². The fourth-order valence-corrected chi connectivity index (χ4v) is 2.78. The lowest BCUT2D eigenvalue weighted by Gasteiger charge is -2.32. The Bertz CT molecular complexity index is 214. The van der Waals surface area contributed by atoms with E-state index < -0.39 is 0 Å². The van der Waals surface area contributed by atoms with Crippen molar-refractivity contribution in [2.24, 2.45) is 11.8 Å². The second-order valence-corrected chi connectivity index (χ2v) is 4.22. The van der Waals surface area contributed by atoms with Crippen LogP contribution in [0, 0.1) is 11.8 Å². The Kier molecular flexibility index (Phi) is 2.28. The van der Waals surface area contributed by atoms with Crippen LogP contribution < -0.4 is 0 Å². The molecule has 0 spiro atoms. The molecule has 2 aliphatic rings. The molecule has 0 radical (unpaired) electrons. The van der Waals surface area contributed by atoms with Crippen molar-refractivity contribution in [1.82, 2.24) is 0 Å². The van der Waals surface area contributed by atoms with Crippen LogP contribution in [0.25, 0.3) is 0 Å². The van der Waals surface area contributed by atoms with Gasteiger partial charge >= 0.3 is 5.97 Å². The summed E-state index contributed by atoms with van der Waals surface area (Å²) in [6.07, 6.45) is 3.77. The molecule has 0 aromatic carbocycles. The van der Waals surface area contributed by atoms with Crippen LogP contribution in [0.2, 0.25) is 0 Å². The third kappa shape index (κ3) is 1.57. The van der Waals surface area contributed by atoms with Crippen molar-refractivity contribution in [2.75, 3.05) is 0 Å². The molecule has 2 rings (SSSR count). The lowest BCUT2D eigenvalue weighted by atomic mass is 9.84. The van der Waals surface area contributed by atoms with Crippen molar-refractivity contribution in [3.05, 3.63) is 0 Å². The topological polar surface area (TPSA) is 46.5 Å². The molecule has 3 nitrogen and oxygen atoms in total. The molecule has 13 heavy (non-hydrogen) atoms. The number of hydrogen-bond donors (Lipinski definition) is 1. The van der Waals surface area contributed by atoms with Gasteiger partial charge in [-0.05, 0) is 31.6 Å². The second-order valence-electron chi connectivity index (χ2n) is 4.22. The number of aliphatic hydroxyl groups excluding tert-OH is 1. The molecular weight excluding hydrogens is 168 g/mol. The molecule has 0 unspecified atom stereocenters. The third-order valence-electron chi connectivity index (χ3n) is 3.39. The normalized spacial score (nSPS) is 43.2. The van der Waals surface area contributed by atoms with Gasteiger partial charge in [0.1, 0.15) is 6.10 Å². The van der Waals surface area contributed by atoms with Gasteiger partial charge in [-0.2, -0.15) is 0 Å². The highest BCUT2D eigenvalue weighted by Crippen LogP contribution is 2.44. The van der Waals surface area contributed by atoms with E-state index in [0.717, 1.165) is 25.7 Å². The summed E-state index contributed by atoms with van der Waals surface area (Å²) >= 11 is 0. The highest BCUT2D eigenvalue weighted by molar-refractivity contribution is 5.66. The summed E-state index contributed by atoms with van der Waals surface area (Å²) in [4.78, 5) is 10.8. The summed E-state index contributed by atoms with van der Waals surface area (Å²) in [6.45, 7) is 1.44. The smallest absolute Gasteiger partial charge is 0.302 e. The van der Waals surface area contributed by atoms with Crippen LogP contribution in [-0.4, -0.2) is 23.3 Å². The first-order valence-corrected chi connectivity index (χ1v) is 5.04. The van der Waals surface area contributed by atoms with E-state index in [-0.39, 0.29) is 24.1 Å². The number of fused-ring (bicyclic) bond motifs is 2. The van der Waals surface area contributed by atoms with Gasteiger partial charge in [0.2, 0.25) is 0 Å². The Labute approximate surface area is 78.1 Å². The fraction of sp³-hybridized carbons (Fsp3) is 0.900. The highest BCUT2D eigenvalue weighted by Gasteiger charge is 2.45. The maximum atomic E-state index is 10.8. The molecule has 4 atom stereocenters. The minimum atomic E-state index is -0.247. The van der Waals surface area contributed by atoms with Crippen molar-refractivity contribution >= 4 is 5.97 Å². The van der Waals surface area contributed by atoms with E-state index in [2.05, 4.69) is 0 Å². The van der Waals surface area contributed by atoms with Crippen molar-refractivity contribution in [3.63, 3.8) is 0 Å². The highest BCUT2D eigenvalue weighted by atomic mass is 16.5. The zero-order chi connectivity index (χ0) is 9.42. The summed E-state index contributed by atoms with van der Waals surface area (Å²) in [5, 5.41) is 9.69. The Morgan fingerprint density at radius 3 is 2.69 bits per heavy atom. The van der Waals surface area contributed by atoms with E-state index in [4.69, 9.17) is 4.74 Å². The van der Waals surface area contributed by atoms with Crippen LogP contribution in [0.4, 0.5) is 0 Å². The first-order valence-electron chi connectivity index (χ1n) is 5.04. The SMILES string of the molecule is CC(=O)O[C@@H]1[C@H]2CC[C@@H]1[C@@H](O)CC2. The Hall–Kier alpha value is -0.570. The molecule has 3 heteroatoms. The minimum absolute atomic E-state index is 0.00116. The van der Waals surface area contributed by atoms with Gasteiger partial charge in [0.05, 0.1) is 6.10 Å². The van der Waals surface area contributed by atoms with Crippen molar-refractivity contribution < 1.29 is 14.6 Å². The first-order chi connectivity index (χ1) is 6.18. The summed E-state index contributed by atoms with van der Waals surface area (Å²) in [5.74, 6) is 0.510. The molecule has 2 aliphatic carbocycles. The molecule has 0 aromatic heterocycles. The van der Waals surface area contributed by atoms with Crippen molar-refractivity contribution in [2.45, 2.75) is 44.8 Å². The van der Waals surface area contributed by atoms with E-state index in [1.807, 2.05) is 0 Å². The quantitative estimate of drug-likeness (QED) is 0.621. The van der Waals surface area contributed by atoms with E-state index >= 15 is 0 Å². The summed E-state index contributed by atoms with van der Waals surface area (Å²) in [7, 11) is 0. The lowest BCUT2D eigenvalue weighted by molar-refractivity contribution is -0.155. The average Bonchev–Trinajstić information content (AvgIpc) is 2.32. The monoisotopic (exact) mass is 184 g/mol. The van der Waals surface area contributed by atoms with Crippen LogP contribution in [0.5, 0.6) is 0 Å². The Morgan fingerprint density at radius 1 is 1.31 bits per heavy atom. The maximum absolute atomic E-state index is 10.8. The van der Waals surface area contributed by atoms with Crippen LogP contribution in [0.3, 0.4) is 0 Å². The Balaban J connectivity index is 2.06. The molecule has 0 amide bonds. The summed E-state index contributed by atoms with van der Waals surface area (Å²) in [5.41, 5.74) is 0. The van der Waals surface area contributed by atoms with Gasteiger partial charge < -0.3 is 9.84 Å². The maximum Gasteiger partial charge on any atom is 0.302 e. The predicted octanol–water partition coefficient (Wildman–Crippen LogP) is 1.10. The zero-order valence-corrected chi connectivity index (χ0v) is 7.90. The standard InChI is InChI=1S/C10H16O3/c1-6(11)13-10-7-2-4-8(10)9(12)5-3-7/h7-10,12H,2-5H2,1H3/t7-,8+,9-,10+/m0/s1. The second kappa shape index (κ2) is 3.29. The van der Waals surface area contributed by atoms with Crippen molar-refractivity contribution in [1.29, 1.82) is 0 Å². The van der Waals surface area contributed by atoms with E-state index in [1.54, 1.807) is 0 Å². The molecule has 2 saturated carbocycles. The van der Waals surface area contributed by atoms with Crippen molar-refractivity contribution in [3.8, 4) is 0 Å². The summed E-state index contributed by atoms with van der Waals surface area (Å²) in [6, 6.07) is 0. The molecule has 0 aromatic rings. The minimum Gasteiger partial charge on any atom is -0.462 e. The van der Waals surface area contributed by atoms with E-state index in [9.17, 15) is 9.90 Å². The predicted molar refractivity (Wildman–Crippen MR) is 47.0 cm³/mol. The van der Waals surface area contributed by atoms with Gasteiger partial charge in [0.15, 0.2) is 0 Å². The summed E-state index contributed by atoms with van der Waals surface area (Å²) < 4.78 is 5.25. The number of esters is 1. The molecule has 1 N–H and O–H groups in total. The molecule has 2 bridgehead atoms. The molecule has 0 aliphatic heterocycles. The van der Waals surface area contributed by atoms with Crippen LogP contribution in [0.15, 0.2) is 0 Å². The molecule has 0 heterocycles. The number of rotatable bonds is 1. The molecule has 0 saturated heterocycles. The van der Waals surface area contributed by atoms with Crippen LogP contribution >= 0.6 is 0 Å². The zero-order valence-electron chi connectivity index (χ0n) is 7.90. The molecule has 2 fully saturated rings. The van der Waals surface area contributed by atoms with Gasteiger partial charge in [0.25, 0.3) is 0 Å². The largest absolute Gasteiger partial charge is 0.462 e. The number of ether oxygens (including phenoxy) is 1. The van der Waals surface area contributed by atoms with Gasteiger partial charge in [-0.25, -0.2) is 0 Å². The number of carbonyl (C=O) groups is 1. The average molecular weight is 184 g/mol. The van der Waals surface area contributed by atoms with Crippen LogP contribution in [-0.2, 0) is 9.53 Å². The number of hydrogen-bond acceptors (Lipinski definition) is 3. The van der Waals surface area contributed by atoms with Crippen LogP contribution in [0.1, 0.15) is 32.6 Å². The number of aliphatic hydroxyl groups is 1. The first kappa shape index (κ1) is 9.00. The number of carbonyl (C=O) groups excluding carboxylic acids is 1. The lowest BCUT2D eigenvalue weighted by Crippen LogP contribution is -2.38. The van der Waals surface area contributed by atoms with Gasteiger partial charge in [-0.3, -0.25) is 4.79 Å². The molecular formula is C10H16O3. The fourth-order valence-electron chi connectivity index (χ4n) is 2.78.